The summed E-state index contributed by atoms with van der Waals surface area (Å²) in [5.74, 6) is 0. The molecule has 0 aromatic heterocycles. The Morgan fingerprint density at radius 1 is 1.38 bits per heavy atom. The SMILES string of the molecule is CCOCCN(CC)S(=O)(=O)c1ccc([N+](=O)[O-])c(N)c1. The molecule has 0 spiro atoms. The van der Waals surface area contributed by atoms with E-state index in [0.29, 0.717) is 6.61 Å². The minimum absolute atomic E-state index is 0.0658. The lowest BCUT2D eigenvalue weighted by molar-refractivity contribution is -0.383. The zero-order chi connectivity index (χ0) is 16.0. The van der Waals surface area contributed by atoms with Crippen molar-refractivity contribution in [1.29, 1.82) is 0 Å². The molecule has 0 saturated carbocycles. The molecule has 0 aliphatic carbocycles. The number of nitro benzene ring substituents is 1. The highest BCUT2D eigenvalue weighted by atomic mass is 32.2. The van der Waals surface area contributed by atoms with Crippen LogP contribution in [0.25, 0.3) is 0 Å². The molecule has 0 saturated heterocycles. The minimum atomic E-state index is -3.75. The summed E-state index contributed by atoms with van der Waals surface area (Å²) in [7, 11) is -3.75. The van der Waals surface area contributed by atoms with Crippen LogP contribution in [-0.4, -0.2) is 43.9 Å². The number of nitrogens with two attached hydrogens (primary N) is 1. The van der Waals surface area contributed by atoms with E-state index in [2.05, 4.69) is 0 Å². The van der Waals surface area contributed by atoms with E-state index in [1.54, 1.807) is 6.92 Å². The van der Waals surface area contributed by atoms with Crippen molar-refractivity contribution in [1.82, 2.24) is 4.31 Å². The lowest BCUT2D eigenvalue weighted by Gasteiger charge is -2.20. The summed E-state index contributed by atoms with van der Waals surface area (Å²) in [6, 6.07) is 3.39. The Labute approximate surface area is 123 Å². The number of rotatable bonds is 8. The second kappa shape index (κ2) is 7.34. The number of nitro groups is 1. The van der Waals surface area contributed by atoms with E-state index in [-0.39, 0.29) is 36.0 Å². The first-order valence-corrected chi connectivity index (χ1v) is 7.90. The number of hydrogen-bond donors (Lipinski definition) is 1. The lowest BCUT2D eigenvalue weighted by Crippen LogP contribution is -2.34. The van der Waals surface area contributed by atoms with Gasteiger partial charge in [-0.3, -0.25) is 10.1 Å². The Morgan fingerprint density at radius 2 is 2.05 bits per heavy atom. The van der Waals surface area contributed by atoms with Crippen molar-refractivity contribution in [3.63, 3.8) is 0 Å². The van der Waals surface area contributed by atoms with Crippen LogP contribution in [0.2, 0.25) is 0 Å². The van der Waals surface area contributed by atoms with E-state index >= 15 is 0 Å². The molecular formula is C12H19N3O5S. The molecule has 1 aromatic carbocycles. The number of anilines is 1. The van der Waals surface area contributed by atoms with E-state index in [0.717, 1.165) is 12.1 Å². The summed E-state index contributed by atoms with van der Waals surface area (Å²) in [4.78, 5) is 9.98. The number of nitrogen functional groups attached to an aromatic ring is 1. The van der Waals surface area contributed by atoms with Crippen molar-refractivity contribution < 1.29 is 18.1 Å². The maximum absolute atomic E-state index is 12.4. The molecule has 0 amide bonds. The smallest absolute Gasteiger partial charge is 0.292 e. The summed E-state index contributed by atoms with van der Waals surface area (Å²) in [5, 5.41) is 10.7. The van der Waals surface area contributed by atoms with Crippen LogP contribution in [-0.2, 0) is 14.8 Å². The van der Waals surface area contributed by atoms with Gasteiger partial charge < -0.3 is 10.5 Å². The Morgan fingerprint density at radius 3 is 2.52 bits per heavy atom. The normalized spacial score (nSPS) is 11.8. The third-order valence-electron chi connectivity index (χ3n) is 2.88. The molecule has 0 bridgehead atoms. The van der Waals surface area contributed by atoms with Gasteiger partial charge in [0.2, 0.25) is 10.0 Å². The average molecular weight is 317 g/mol. The fourth-order valence-electron chi connectivity index (χ4n) is 1.77. The zero-order valence-electron chi connectivity index (χ0n) is 12.0. The molecule has 0 fully saturated rings. The first-order valence-electron chi connectivity index (χ1n) is 6.46. The molecule has 0 aliphatic rings. The second-order valence-electron chi connectivity index (χ2n) is 4.17. The largest absolute Gasteiger partial charge is 0.393 e. The van der Waals surface area contributed by atoms with E-state index < -0.39 is 14.9 Å². The fourth-order valence-corrected chi connectivity index (χ4v) is 3.24. The Bertz CT molecular complexity index is 603. The predicted octanol–water partition coefficient (Wildman–Crippen LogP) is 1.22. The number of benzene rings is 1. The molecule has 8 nitrogen and oxygen atoms in total. The molecule has 0 atom stereocenters. The number of nitrogens with zero attached hydrogens (tertiary/aromatic N) is 2. The van der Waals surface area contributed by atoms with Crippen LogP contribution in [0.3, 0.4) is 0 Å². The van der Waals surface area contributed by atoms with Crippen molar-refractivity contribution in [2.45, 2.75) is 18.7 Å². The first-order chi connectivity index (χ1) is 9.84. The van der Waals surface area contributed by atoms with Crippen molar-refractivity contribution >= 4 is 21.4 Å². The van der Waals surface area contributed by atoms with E-state index in [1.165, 1.54) is 10.4 Å². The Balaban J connectivity index is 3.05. The van der Waals surface area contributed by atoms with E-state index in [9.17, 15) is 18.5 Å². The van der Waals surface area contributed by atoms with Crippen LogP contribution in [0.4, 0.5) is 11.4 Å². The maximum Gasteiger partial charge on any atom is 0.292 e. The molecule has 1 aromatic rings. The van der Waals surface area contributed by atoms with E-state index in [4.69, 9.17) is 10.5 Å². The summed E-state index contributed by atoms with van der Waals surface area (Å²) in [6.07, 6.45) is 0. The number of ether oxygens (including phenoxy) is 1. The minimum Gasteiger partial charge on any atom is -0.393 e. The fraction of sp³-hybridized carbons (Fsp3) is 0.500. The van der Waals surface area contributed by atoms with Gasteiger partial charge in [-0.2, -0.15) is 4.31 Å². The van der Waals surface area contributed by atoms with Gasteiger partial charge in [-0.15, -0.1) is 0 Å². The van der Waals surface area contributed by atoms with Crippen LogP contribution < -0.4 is 5.73 Å². The van der Waals surface area contributed by atoms with Crippen molar-refractivity contribution in [2.75, 3.05) is 32.0 Å². The first kappa shape index (κ1) is 17.3. The molecule has 1 rings (SSSR count). The molecule has 118 valence electrons. The van der Waals surface area contributed by atoms with Crippen LogP contribution in [0, 0.1) is 10.1 Å². The third kappa shape index (κ3) is 4.13. The predicted molar refractivity (Wildman–Crippen MR) is 78.4 cm³/mol. The molecule has 21 heavy (non-hydrogen) atoms. The molecule has 2 N–H and O–H groups in total. The Kier molecular flexibility index (Phi) is 6.06. The summed E-state index contributed by atoms with van der Waals surface area (Å²) >= 11 is 0. The number of sulfonamides is 1. The van der Waals surface area contributed by atoms with Crippen LogP contribution in [0.1, 0.15) is 13.8 Å². The van der Waals surface area contributed by atoms with Gasteiger partial charge in [0.05, 0.1) is 16.4 Å². The van der Waals surface area contributed by atoms with Crippen LogP contribution in [0.15, 0.2) is 23.1 Å². The highest BCUT2D eigenvalue weighted by molar-refractivity contribution is 7.89. The average Bonchev–Trinajstić information content (AvgIpc) is 2.42. The highest BCUT2D eigenvalue weighted by Gasteiger charge is 2.25. The van der Waals surface area contributed by atoms with Gasteiger partial charge in [-0.05, 0) is 19.1 Å². The Hall–Kier alpha value is -1.71. The number of hydrogen-bond acceptors (Lipinski definition) is 6. The molecule has 0 heterocycles. The van der Waals surface area contributed by atoms with Gasteiger partial charge in [0.15, 0.2) is 0 Å². The summed E-state index contributed by atoms with van der Waals surface area (Å²) in [6.45, 7) is 4.80. The third-order valence-corrected chi connectivity index (χ3v) is 4.85. The van der Waals surface area contributed by atoms with Crippen LogP contribution in [0.5, 0.6) is 0 Å². The van der Waals surface area contributed by atoms with Gasteiger partial charge in [0.1, 0.15) is 5.69 Å². The summed E-state index contributed by atoms with van der Waals surface area (Å²) < 4.78 is 31.3. The van der Waals surface area contributed by atoms with E-state index in [1.807, 2.05) is 6.92 Å². The van der Waals surface area contributed by atoms with Gasteiger partial charge in [-0.25, -0.2) is 8.42 Å². The van der Waals surface area contributed by atoms with Gasteiger partial charge >= 0.3 is 0 Å². The van der Waals surface area contributed by atoms with Crippen molar-refractivity contribution in [2.24, 2.45) is 0 Å². The highest BCUT2D eigenvalue weighted by Crippen LogP contribution is 2.26. The van der Waals surface area contributed by atoms with Crippen molar-refractivity contribution in [3.05, 3.63) is 28.3 Å². The van der Waals surface area contributed by atoms with Gasteiger partial charge in [-0.1, -0.05) is 6.92 Å². The second-order valence-corrected chi connectivity index (χ2v) is 6.11. The lowest BCUT2D eigenvalue weighted by atomic mass is 10.3. The monoisotopic (exact) mass is 317 g/mol. The molecule has 0 radical (unpaired) electrons. The molecule has 0 unspecified atom stereocenters. The molecular weight excluding hydrogens is 298 g/mol. The maximum atomic E-state index is 12.4. The molecule has 9 heteroatoms. The van der Waals surface area contributed by atoms with Gasteiger partial charge in [0, 0.05) is 25.8 Å². The number of likely N-dealkylation sites (N-methyl/N-ethyl adjacent to an activating group) is 1. The van der Waals surface area contributed by atoms with Crippen LogP contribution >= 0.6 is 0 Å². The standard InChI is InChI=1S/C12H19N3O5S/c1-3-14(7-8-20-4-2)21(18,19)10-5-6-12(15(16)17)11(13)9-10/h5-6,9H,3-4,7-8,13H2,1-2H3. The van der Waals surface area contributed by atoms with Gasteiger partial charge in [0.25, 0.3) is 5.69 Å². The van der Waals surface area contributed by atoms with Crippen molar-refractivity contribution in [3.8, 4) is 0 Å². The molecule has 0 aliphatic heterocycles. The zero-order valence-corrected chi connectivity index (χ0v) is 12.8. The topological polar surface area (TPSA) is 116 Å². The quantitative estimate of drug-likeness (QED) is 0.333. The summed E-state index contributed by atoms with van der Waals surface area (Å²) in [5.41, 5.74) is 5.04.